The van der Waals surface area contributed by atoms with Crippen molar-refractivity contribution in [3.05, 3.63) is 11.1 Å². The number of hydrogen-bond donors (Lipinski definition) is 2. The number of hydrogen-bond acceptors (Lipinski definition) is 5. The van der Waals surface area contributed by atoms with Gasteiger partial charge in [-0.15, -0.1) is 11.3 Å². The summed E-state index contributed by atoms with van der Waals surface area (Å²) in [7, 11) is 1.55. The molecule has 8 heteroatoms. The van der Waals surface area contributed by atoms with Gasteiger partial charge >= 0.3 is 6.03 Å². The Labute approximate surface area is 122 Å². The van der Waals surface area contributed by atoms with E-state index < -0.39 is 0 Å². The lowest BCUT2D eigenvalue weighted by atomic mass is 10.4. The number of nitrogens with zero attached hydrogens (tertiary/aromatic N) is 2. The Morgan fingerprint density at radius 2 is 2.25 bits per heavy atom. The number of urea groups is 1. The lowest BCUT2D eigenvalue weighted by Gasteiger charge is -2.21. The number of aromatic nitrogens is 1. The smallest absolute Gasteiger partial charge is 0.317 e. The zero-order valence-corrected chi connectivity index (χ0v) is 12.7. The minimum atomic E-state index is -0.282. The normalized spacial score (nSPS) is 10.2. The van der Waals surface area contributed by atoms with E-state index in [0.29, 0.717) is 24.8 Å². The first-order valence-corrected chi connectivity index (χ1v) is 7.12. The van der Waals surface area contributed by atoms with E-state index in [9.17, 15) is 9.59 Å². The Balaban J connectivity index is 2.54. The minimum Gasteiger partial charge on any atom is -0.383 e. The summed E-state index contributed by atoms with van der Waals surface area (Å²) in [4.78, 5) is 30.2. The predicted octanol–water partition coefficient (Wildman–Crippen LogP) is 1.07. The number of nitrogens with one attached hydrogen (secondary N) is 2. The van der Waals surface area contributed by atoms with Crippen molar-refractivity contribution in [3.8, 4) is 0 Å². The topological polar surface area (TPSA) is 83.6 Å². The second-order valence-corrected chi connectivity index (χ2v) is 5.31. The third kappa shape index (κ3) is 5.54. The molecule has 20 heavy (non-hydrogen) atoms. The first-order chi connectivity index (χ1) is 9.56. The van der Waals surface area contributed by atoms with Crippen LogP contribution in [-0.4, -0.2) is 55.2 Å². The molecule has 0 aliphatic rings. The van der Waals surface area contributed by atoms with Gasteiger partial charge in [-0.05, 0) is 13.8 Å². The molecular formula is C12H20N4O3S. The quantitative estimate of drug-likeness (QED) is 0.789. The van der Waals surface area contributed by atoms with E-state index in [4.69, 9.17) is 4.74 Å². The number of carbonyl (C=O) groups excluding carboxylic acids is 2. The van der Waals surface area contributed by atoms with Gasteiger partial charge in [0.2, 0.25) is 5.91 Å². The molecular weight excluding hydrogens is 280 g/mol. The van der Waals surface area contributed by atoms with Gasteiger partial charge in [0.25, 0.3) is 0 Å². The van der Waals surface area contributed by atoms with Crippen LogP contribution in [0.3, 0.4) is 0 Å². The van der Waals surface area contributed by atoms with Gasteiger partial charge in [0.05, 0.1) is 6.61 Å². The van der Waals surface area contributed by atoms with Crippen LogP contribution in [0.4, 0.5) is 9.93 Å². The summed E-state index contributed by atoms with van der Waals surface area (Å²) in [5, 5.41) is 5.88. The van der Waals surface area contributed by atoms with Crippen LogP contribution < -0.4 is 10.6 Å². The maximum absolute atomic E-state index is 11.9. The summed E-state index contributed by atoms with van der Waals surface area (Å²) < 4.78 is 4.94. The molecule has 0 aliphatic carbocycles. The molecule has 1 aromatic heterocycles. The highest BCUT2D eigenvalue weighted by molar-refractivity contribution is 7.15. The molecule has 1 rings (SSSR count). The summed E-state index contributed by atoms with van der Waals surface area (Å²) in [6.07, 6.45) is 1.69. The van der Waals surface area contributed by atoms with Gasteiger partial charge in [0.15, 0.2) is 5.13 Å². The average molecular weight is 300 g/mol. The maximum atomic E-state index is 11.9. The van der Waals surface area contributed by atoms with Gasteiger partial charge in [-0.3, -0.25) is 4.79 Å². The SMILES string of the molecule is CCNC(=O)N(CCOC)CC(=O)Nc1ncc(C)s1. The fourth-order valence-electron chi connectivity index (χ4n) is 1.46. The standard InChI is InChI=1S/C12H20N4O3S/c1-4-13-12(18)16(5-6-19-3)8-10(17)15-11-14-7-9(2)20-11/h7H,4-6,8H2,1-3H3,(H,13,18)(H,14,15,17). The van der Waals surface area contributed by atoms with Crippen molar-refractivity contribution in [2.24, 2.45) is 0 Å². The van der Waals surface area contributed by atoms with Gasteiger partial charge in [0, 0.05) is 31.3 Å². The van der Waals surface area contributed by atoms with Crippen molar-refractivity contribution in [2.75, 3.05) is 38.7 Å². The molecule has 0 atom stereocenters. The molecule has 0 spiro atoms. The van der Waals surface area contributed by atoms with Crippen molar-refractivity contribution >= 4 is 28.4 Å². The molecule has 0 saturated carbocycles. The van der Waals surface area contributed by atoms with Crippen molar-refractivity contribution in [1.29, 1.82) is 0 Å². The number of aryl methyl sites for hydroxylation is 1. The van der Waals surface area contributed by atoms with Crippen LogP contribution in [0.15, 0.2) is 6.20 Å². The minimum absolute atomic E-state index is 0.0339. The molecule has 1 aromatic rings. The number of rotatable bonds is 7. The molecule has 3 amide bonds. The summed E-state index contributed by atoms with van der Waals surface area (Å²) in [6.45, 7) is 4.94. The average Bonchev–Trinajstić information content (AvgIpc) is 2.80. The molecule has 0 bridgehead atoms. The Hall–Kier alpha value is -1.67. The van der Waals surface area contributed by atoms with Crippen LogP contribution in [0.25, 0.3) is 0 Å². The fourth-order valence-corrected chi connectivity index (χ4v) is 2.14. The molecule has 0 fully saturated rings. The number of carbonyl (C=O) groups is 2. The lowest BCUT2D eigenvalue weighted by Crippen LogP contribution is -2.45. The van der Waals surface area contributed by atoms with E-state index in [1.807, 2.05) is 13.8 Å². The maximum Gasteiger partial charge on any atom is 0.317 e. The van der Waals surface area contributed by atoms with Gasteiger partial charge < -0.3 is 20.3 Å². The molecule has 7 nitrogen and oxygen atoms in total. The van der Waals surface area contributed by atoms with E-state index in [0.717, 1.165) is 4.88 Å². The largest absolute Gasteiger partial charge is 0.383 e. The molecule has 0 saturated heterocycles. The summed E-state index contributed by atoms with van der Waals surface area (Å²) in [5.74, 6) is -0.276. The number of anilines is 1. The third-order valence-electron chi connectivity index (χ3n) is 2.38. The monoisotopic (exact) mass is 300 g/mol. The molecule has 0 aromatic carbocycles. The summed E-state index contributed by atoms with van der Waals surface area (Å²) in [5.41, 5.74) is 0. The number of amides is 3. The van der Waals surface area contributed by atoms with E-state index in [2.05, 4.69) is 15.6 Å². The van der Waals surface area contributed by atoms with Crippen LogP contribution in [0, 0.1) is 6.92 Å². The molecule has 0 unspecified atom stereocenters. The number of ether oxygens (including phenoxy) is 1. The van der Waals surface area contributed by atoms with Gasteiger partial charge in [-0.25, -0.2) is 9.78 Å². The van der Waals surface area contributed by atoms with E-state index in [-0.39, 0.29) is 18.5 Å². The van der Waals surface area contributed by atoms with Crippen LogP contribution in [0.2, 0.25) is 0 Å². The molecule has 1 heterocycles. The Bertz CT molecular complexity index is 450. The van der Waals surface area contributed by atoms with Crippen molar-refractivity contribution < 1.29 is 14.3 Å². The van der Waals surface area contributed by atoms with Gasteiger partial charge in [-0.2, -0.15) is 0 Å². The van der Waals surface area contributed by atoms with Crippen molar-refractivity contribution in [3.63, 3.8) is 0 Å². The lowest BCUT2D eigenvalue weighted by molar-refractivity contribution is -0.116. The van der Waals surface area contributed by atoms with E-state index in [1.165, 1.54) is 16.2 Å². The Morgan fingerprint density at radius 3 is 2.80 bits per heavy atom. The predicted molar refractivity (Wildman–Crippen MR) is 78.0 cm³/mol. The molecule has 2 N–H and O–H groups in total. The highest BCUT2D eigenvalue weighted by atomic mass is 32.1. The van der Waals surface area contributed by atoms with Crippen LogP contribution in [0.1, 0.15) is 11.8 Å². The molecule has 0 aliphatic heterocycles. The van der Waals surface area contributed by atoms with Crippen LogP contribution in [0.5, 0.6) is 0 Å². The second kappa shape index (κ2) is 8.49. The van der Waals surface area contributed by atoms with Gasteiger partial charge in [0.1, 0.15) is 6.54 Å². The van der Waals surface area contributed by atoms with Crippen LogP contribution >= 0.6 is 11.3 Å². The zero-order chi connectivity index (χ0) is 15.0. The van der Waals surface area contributed by atoms with E-state index >= 15 is 0 Å². The summed E-state index contributed by atoms with van der Waals surface area (Å²) >= 11 is 1.39. The van der Waals surface area contributed by atoms with Crippen LogP contribution in [-0.2, 0) is 9.53 Å². The van der Waals surface area contributed by atoms with Crippen molar-refractivity contribution in [2.45, 2.75) is 13.8 Å². The molecule has 112 valence electrons. The first-order valence-electron chi connectivity index (χ1n) is 6.30. The Morgan fingerprint density at radius 1 is 1.50 bits per heavy atom. The van der Waals surface area contributed by atoms with E-state index in [1.54, 1.807) is 13.3 Å². The first kappa shape index (κ1) is 16.4. The molecule has 0 radical (unpaired) electrons. The summed E-state index contributed by atoms with van der Waals surface area (Å²) in [6, 6.07) is -0.282. The fraction of sp³-hybridized carbons (Fsp3) is 0.583. The Kier molecular flexibility index (Phi) is 6.96. The highest BCUT2D eigenvalue weighted by Crippen LogP contribution is 2.16. The third-order valence-corrected chi connectivity index (χ3v) is 3.21. The highest BCUT2D eigenvalue weighted by Gasteiger charge is 2.16. The number of thiazole rings is 1. The zero-order valence-electron chi connectivity index (χ0n) is 11.9. The van der Waals surface area contributed by atoms with Crippen molar-refractivity contribution in [1.82, 2.24) is 15.2 Å². The second-order valence-electron chi connectivity index (χ2n) is 4.07. The van der Waals surface area contributed by atoms with Gasteiger partial charge in [-0.1, -0.05) is 0 Å². The number of methoxy groups -OCH3 is 1.